The fourth-order valence-corrected chi connectivity index (χ4v) is 2.01. The second-order valence-electron chi connectivity index (χ2n) is 5.46. The predicted octanol–water partition coefficient (Wildman–Crippen LogP) is 3.03. The molecule has 0 aliphatic rings. The molecule has 112 valence electrons. The zero-order valence-electron chi connectivity index (χ0n) is 13.1. The first-order valence-electron chi connectivity index (χ1n) is 7.30. The van der Waals surface area contributed by atoms with E-state index in [1.807, 2.05) is 19.1 Å². The summed E-state index contributed by atoms with van der Waals surface area (Å²) in [5.74, 6) is 0.0521. The minimum Gasteiger partial charge on any atom is -0.399 e. The lowest BCUT2D eigenvalue weighted by Gasteiger charge is -2.23. The summed E-state index contributed by atoms with van der Waals surface area (Å²) in [6, 6.07) is 6.13. The summed E-state index contributed by atoms with van der Waals surface area (Å²) in [6.07, 6.45) is 2.54. The van der Waals surface area contributed by atoms with Gasteiger partial charge in [0.15, 0.2) is 0 Å². The van der Waals surface area contributed by atoms with Gasteiger partial charge in [-0.2, -0.15) is 0 Å². The van der Waals surface area contributed by atoms with Crippen LogP contribution in [-0.4, -0.2) is 30.4 Å². The molecule has 1 aromatic carbocycles. The van der Waals surface area contributed by atoms with Crippen LogP contribution >= 0.6 is 0 Å². The summed E-state index contributed by atoms with van der Waals surface area (Å²) >= 11 is 0. The third-order valence-corrected chi connectivity index (χ3v) is 3.79. The van der Waals surface area contributed by atoms with Crippen molar-refractivity contribution in [1.82, 2.24) is 4.90 Å². The zero-order valence-corrected chi connectivity index (χ0v) is 13.1. The van der Waals surface area contributed by atoms with E-state index in [4.69, 9.17) is 5.73 Å². The maximum Gasteiger partial charge on any atom is 0.224 e. The smallest absolute Gasteiger partial charge is 0.224 e. The number of benzene rings is 1. The van der Waals surface area contributed by atoms with E-state index in [0.29, 0.717) is 18.2 Å². The molecule has 0 radical (unpaired) electrons. The highest BCUT2D eigenvalue weighted by Gasteiger charge is 2.09. The number of aryl methyl sites for hydroxylation is 1. The minimum absolute atomic E-state index is 0.0521. The van der Waals surface area contributed by atoms with Gasteiger partial charge < -0.3 is 16.0 Å². The number of carbonyl (C=O) groups is 1. The monoisotopic (exact) mass is 277 g/mol. The van der Waals surface area contributed by atoms with Crippen LogP contribution in [0, 0.1) is 6.92 Å². The van der Waals surface area contributed by atoms with E-state index >= 15 is 0 Å². The summed E-state index contributed by atoms with van der Waals surface area (Å²) in [7, 11) is 2.11. The Balaban J connectivity index is 2.39. The molecule has 0 saturated carbocycles. The van der Waals surface area contributed by atoms with Crippen LogP contribution < -0.4 is 11.1 Å². The molecule has 0 aliphatic carbocycles. The van der Waals surface area contributed by atoms with Gasteiger partial charge in [0, 0.05) is 23.8 Å². The van der Waals surface area contributed by atoms with Gasteiger partial charge in [-0.1, -0.05) is 13.0 Å². The van der Waals surface area contributed by atoms with Gasteiger partial charge >= 0.3 is 0 Å². The number of amides is 1. The molecule has 3 N–H and O–H groups in total. The molecule has 1 aromatic rings. The molecule has 1 rings (SSSR count). The van der Waals surface area contributed by atoms with Crippen molar-refractivity contribution >= 4 is 17.3 Å². The van der Waals surface area contributed by atoms with Gasteiger partial charge in [0.25, 0.3) is 0 Å². The number of nitrogen functional groups attached to an aromatic ring is 1. The number of anilines is 2. The highest BCUT2D eigenvalue weighted by Crippen LogP contribution is 2.18. The van der Waals surface area contributed by atoms with Crippen molar-refractivity contribution < 1.29 is 4.79 Å². The van der Waals surface area contributed by atoms with E-state index in [1.165, 1.54) is 0 Å². The molecule has 4 nitrogen and oxygen atoms in total. The van der Waals surface area contributed by atoms with Crippen LogP contribution in [0.2, 0.25) is 0 Å². The summed E-state index contributed by atoms with van der Waals surface area (Å²) in [4.78, 5) is 14.2. The maximum atomic E-state index is 11.9. The van der Waals surface area contributed by atoms with Crippen molar-refractivity contribution in [3.05, 3.63) is 23.8 Å². The molecule has 20 heavy (non-hydrogen) atoms. The van der Waals surface area contributed by atoms with Crippen molar-refractivity contribution in [2.24, 2.45) is 0 Å². The van der Waals surface area contributed by atoms with Gasteiger partial charge in [-0.3, -0.25) is 4.79 Å². The Labute approximate surface area is 122 Å². The Morgan fingerprint density at radius 2 is 2.15 bits per heavy atom. The fraction of sp³-hybridized carbons (Fsp3) is 0.562. The molecule has 0 saturated heterocycles. The second-order valence-corrected chi connectivity index (χ2v) is 5.46. The number of hydrogen-bond acceptors (Lipinski definition) is 3. The average molecular weight is 277 g/mol. The SMILES string of the molecule is CCC(C)N(C)CCCC(=O)Nc1cc(N)ccc1C. The molecular weight excluding hydrogens is 250 g/mol. The second kappa shape index (κ2) is 7.90. The summed E-state index contributed by atoms with van der Waals surface area (Å²) < 4.78 is 0. The molecule has 0 spiro atoms. The molecule has 4 heteroatoms. The summed E-state index contributed by atoms with van der Waals surface area (Å²) in [5, 5.41) is 2.93. The molecule has 0 fully saturated rings. The number of hydrogen-bond donors (Lipinski definition) is 2. The number of nitrogens with two attached hydrogens (primary N) is 1. The van der Waals surface area contributed by atoms with Gasteiger partial charge in [0.05, 0.1) is 0 Å². The lowest BCUT2D eigenvalue weighted by Crippen LogP contribution is -2.29. The standard InChI is InChI=1S/C16H27N3O/c1-5-13(3)19(4)10-6-7-16(20)18-15-11-14(17)9-8-12(15)2/h8-9,11,13H,5-7,10,17H2,1-4H3,(H,18,20). The maximum absolute atomic E-state index is 11.9. The van der Waals surface area contributed by atoms with Crippen LogP contribution in [0.3, 0.4) is 0 Å². The Bertz CT molecular complexity index is 445. The Hall–Kier alpha value is -1.55. The molecule has 0 bridgehead atoms. The topological polar surface area (TPSA) is 58.4 Å². The molecule has 1 amide bonds. The van der Waals surface area contributed by atoms with Crippen LogP contribution in [0.4, 0.5) is 11.4 Å². The summed E-state index contributed by atoms with van der Waals surface area (Å²) in [6.45, 7) is 7.29. The van der Waals surface area contributed by atoms with E-state index in [0.717, 1.165) is 30.6 Å². The van der Waals surface area contributed by atoms with Crippen LogP contribution in [-0.2, 0) is 4.79 Å². The van der Waals surface area contributed by atoms with Gasteiger partial charge in [-0.15, -0.1) is 0 Å². The average Bonchev–Trinajstić information content (AvgIpc) is 2.41. The fourth-order valence-electron chi connectivity index (χ4n) is 2.01. The molecule has 0 aromatic heterocycles. The van der Waals surface area contributed by atoms with Crippen molar-refractivity contribution in [3.63, 3.8) is 0 Å². The van der Waals surface area contributed by atoms with E-state index in [-0.39, 0.29) is 5.91 Å². The molecule has 1 atom stereocenters. The van der Waals surface area contributed by atoms with Gasteiger partial charge in [-0.25, -0.2) is 0 Å². The lowest BCUT2D eigenvalue weighted by atomic mass is 10.1. The molecular formula is C16H27N3O. The van der Waals surface area contributed by atoms with Crippen LogP contribution in [0.15, 0.2) is 18.2 Å². The molecule has 0 aliphatic heterocycles. The number of rotatable bonds is 7. The quantitative estimate of drug-likeness (QED) is 0.753. The summed E-state index contributed by atoms with van der Waals surface area (Å²) in [5.41, 5.74) is 8.24. The highest BCUT2D eigenvalue weighted by atomic mass is 16.1. The van der Waals surface area contributed by atoms with E-state index in [2.05, 4.69) is 31.1 Å². The number of carbonyl (C=O) groups excluding carboxylic acids is 1. The van der Waals surface area contributed by atoms with Gasteiger partial charge in [0.1, 0.15) is 0 Å². The van der Waals surface area contributed by atoms with Crippen molar-refractivity contribution in [2.75, 3.05) is 24.6 Å². The number of nitrogens with zero attached hydrogens (tertiary/aromatic N) is 1. The first kappa shape index (κ1) is 16.5. The van der Waals surface area contributed by atoms with Gasteiger partial charge in [0.2, 0.25) is 5.91 Å². The lowest BCUT2D eigenvalue weighted by molar-refractivity contribution is -0.116. The minimum atomic E-state index is 0.0521. The van der Waals surface area contributed by atoms with Crippen LogP contribution in [0.5, 0.6) is 0 Å². The first-order chi connectivity index (χ1) is 9.43. The predicted molar refractivity (Wildman–Crippen MR) is 85.8 cm³/mol. The Kier molecular flexibility index (Phi) is 6.52. The van der Waals surface area contributed by atoms with Crippen LogP contribution in [0.1, 0.15) is 38.7 Å². The Morgan fingerprint density at radius 1 is 1.45 bits per heavy atom. The molecule has 0 heterocycles. The zero-order chi connectivity index (χ0) is 15.1. The largest absolute Gasteiger partial charge is 0.399 e. The van der Waals surface area contributed by atoms with E-state index in [9.17, 15) is 4.79 Å². The Morgan fingerprint density at radius 3 is 2.80 bits per heavy atom. The van der Waals surface area contributed by atoms with E-state index in [1.54, 1.807) is 6.07 Å². The van der Waals surface area contributed by atoms with Crippen molar-refractivity contribution in [2.45, 2.75) is 46.1 Å². The number of nitrogens with one attached hydrogen (secondary N) is 1. The first-order valence-corrected chi connectivity index (χ1v) is 7.30. The van der Waals surface area contributed by atoms with Crippen molar-refractivity contribution in [1.29, 1.82) is 0 Å². The van der Waals surface area contributed by atoms with Crippen molar-refractivity contribution in [3.8, 4) is 0 Å². The third kappa shape index (κ3) is 5.21. The third-order valence-electron chi connectivity index (χ3n) is 3.79. The van der Waals surface area contributed by atoms with Gasteiger partial charge in [-0.05, 0) is 58.0 Å². The van der Waals surface area contributed by atoms with E-state index < -0.39 is 0 Å². The normalized spacial score (nSPS) is 12.4. The highest BCUT2D eigenvalue weighted by molar-refractivity contribution is 5.91. The molecule has 1 unspecified atom stereocenters. The van der Waals surface area contributed by atoms with Crippen LogP contribution in [0.25, 0.3) is 0 Å².